The van der Waals surface area contributed by atoms with Gasteiger partial charge in [0, 0.05) is 31.7 Å². The fraction of sp³-hybridized carbons (Fsp3) is 0.938. The molecule has 0 aliphatic carbocycles. The molecular formula is C16H34N4O2. The van der Waals surface area contributed by atoms with Crippen molar-refractivity contribution in [2.75, 3.05) is 40.3 Å². The van der Waals surface area contributed by atoms with Gasteiger partial charge in [-0.15, -0.1) is 0 Å². The van der Waals surface area contributed by atoms with Gasteiger partial charge in [0.15, 0.2) is 0 Å². The largest absolute Gasteiger partial charge is 0.444 e. The van der Waals surface area contributed by atoms with Crippen LogP contribution in [-0.2, 0) is 4.74 Å². The van der Waals surface area contributed by atoms with Crippen LogP contribution in [0, 0.1) is 0 Å². The third kappa shape index (κ3) is 6.94. The van der Waals surface area contributed by atoms with Gasteiger partial charge in [0.1, 0.15) is 5.60 Å². The minimum atomic E-state index is -0.455. The van der Waals surface area contributed by atoms with Crippen LogP contribution in [0.2, 0.25) is 0 Å². The first-order valence-corrected chi connectivity index (χ1v) is 8.30. The van der Waals surface area contributed by atoms with Crippen molar-refractivity contribution in [2.45, 2.75) is 57.7 Å². The lowest BCUT2D eigenvalue weighted by molar-refractivity contribution is 0.0520. The van der Waals surface area contributed by atoms with Gasteiger partial charge in [-0.05, 0) is 60.7 Å². The highest BCUT2D eigenvalue weighted by atomic mass is 16.6. The monoisotopic (exact) mass is 314 g/mol. The van der Waals surface area contributed by atoms with Crippen LogP contribution in [-0.4, -0.2) is 73.9 Å². The molecule has 1 heterocycles. The van der Waals surface area contributed by atoms with Gasteiger partial charge >= 0.3 is 6.09 Å². The Morgan fingerprint density at radius 2 is 2.14 bits per heavy atom. The predicted molar refractivity (Wildman–Crippen MR) is 90.0 cm³/mol. The zero-order valence-electron chi connectivity index (χ0n) is 14.9. The Hall–Kier alpha value is -0.850. The van der Waals surface area contributed by atoms with Gasteiger partial charge in [0.25, 0.3) is 0 Å². The molecule has 6 nitrogen and oxygen atoms in total. The van der Waals surface area contributed by atoms with E-state index in [0.717, 1.165) is 19.5 Å². The molecule has 6 heteroatoms. The van der Waals surface area contributed by atoms with Crippen molar-refractivity contribution in [3.8, 4) is 0 Å². The molecule has 0 aromatic carbocycles. The summed E-state index contributed by atoms with van der Waals surface area (Å²) in [6.45, 7) is 8.99. The molecule has 0 aromatic rings. The number of carbonyl (C=O) groups excluding carboxylic acids is 1. The zero-order chi connectivity index (χ0) is 16.8. The smallest absolute Gasteiger partial charge is 0.407 e. The van der Waals surface area contributed by atoms with E-state index in [2.05, 4.69) is 29.2 Å². The number of rotatable bonds is 7. The third-order valence-corrected chi connectivity index (χ3v) is 3.89. The second-order valence-corrected chi connectivity index (χ2v) is 7.40. The van der Waals surface area contributed by atoms with Crippen molar-refractivity contribution in [3.05, 3.63) is 0 Å². The second-order valence-electron chi connectivity index (χ2n) is 7.40. The number of amides is 1. The number of likely N-dealkylation sites (N-methyl/N-ethyl adjacent to an activating group) is 1. The second kappa shape index (κ2) is 8.70. The SMILES string of the molecule is CN(C)CC1CCCN1C(CN)CCNC(=O)OC(C)(C)C. The van der Waals surface area contributed by atoms with Gasteiger partial charge in [0.05, 0.1) is 0 Å². The van der Waals surface area contributed by atoms with Crippen LogP contribution in [0.25, 0.3) is 0 Å². The summed E-state index contributed by atoms with van der Waals surface area (Å²) in [5.74, 6) is 0. The molecule has 2 atom stereocenters. The molecule has 2 unspecified atom stereocenters. The van der Waals surface area contributed by atoms with Crippen LogP contribution in [0.1, 0.15) is 40.0 Å². The van der Waals surface area contributed by atoms with Gasteiger partial charge < -0.3 is 20.7 Å². The van der Waals surface area contributed by atoms with Crippen molar-refractivity contribution >= 4 is 6.09 Å². The first-order chi connectivity index (χ1) is 10.2. The molecule has 0 radical (unpaired) electrons. The highest BCUT2D eigenvalue weighted by Gasteiger charge is 2.30. The quantitative estimate of drug-likeness (QED) is 0.740. The van der Waals surface area contributed by atoms with Crippen LogP contribution in [0.15, 0.2) is 0 Å². The molecule has 130 valence electrons. The topological polar surface area (TPSA) is 70.8 Å². The zero-order valence-corrected chi connectivity index (χ0v) is 14.9. The lowest BCUT2D eigenvalue weighted by atomic mass is 10.1. The van der Waals surface area contributed by atoms with Crippen molar-refractivity contribution < 1.29 is 9.53 Å². The molecule has 1 amide bonds. The number of nitrogens with two attached hydrogens (primary N) is 1. The lowest BCUT2D eigenvalue weighted by Gasteiger charge is -2.34. The summed E-state index contributed by atoms with van der Waals surface area (Å²) >= 11 is 0. The van der Waals surface area contributed by atoms with E-state index in [4.69, 9.17) is 10.5 Å². The molecule has 22 heavy (non-hydrogen) atoms. The summed E-state index contributed by atoms with van der Waals surface area (Å²) in [7, 11) is 4.22. The van der Waals surface area contributed by atoms with Crippen molar-refractivity contribution in [3.63, 3.8) is 0 Å². The summed E-state index contributed by atoms with van der Waals surface area (Å²) < 4.78 is 5.25. The first kappa shape index (κ1) is 19.2. The highest BCUT2D eigenvalue weighted by molar-refractivity contribution is 5.67. The van der Waals surface area contributed by atoms with Gasteiger partial charge in [-0.1, -0.05) is 0 Å². The standard InChI is InChI=1S/C16H34N4O2/c1-16(2,3)22-15(21)18-9-8-13(11-17)20-10-6-7-14(20)12-19(4)5/h13-14H,6-12,17H2,1-5H3,(H,18,21). The van der Waals surface area contributed by atoms with Crippen molar-refractivity contribution in [1.82, 2.24) is 15.1 Å². The van der Waals surface area contributed by atoms with Crippen LogP contribution < -0.4 is 11.1 Å². The Labute approximate surface area is 135 Å². The molecular weight excluding hydrogens is 280 g/mol. The molecule has 3 N–H and O–H groups in total. The van der Waals surface area contributed by atoms with Gasteiger partial charge in [-0.25, -0.2) is 4.79 Å². The molecule has 1 rings (SSSR count). The molecule has 0 aromatic heterocycles. The molecule has 0 saturated carbocycles. The van der Waals surface area contributed by atoms with Crippen LogP contribution in [0.5, 0.6) is 0 Å². The maximum atomic E-state index is 11.7. The van der Waals surface area contributed by atoms with E-state index in [1.807, 2.05) is 20.8 Å². The number of likely N-dealkylation sites (tertiary alicyclic amines) is 1. The molecule has 1 fully saturated rings. The fourth-order valence-corrected chi connectivity index (χ4v) is 3.03. The van der Waals surface area contributed by atoms with Crippen LogP contribution >= 0.6 is 0 Å². The van der Waals surface area contributed by atoms with Gasteiger partial charge in [-0.2, -0.15) is 0 Å². The Bertz CT molecular complexity index is 342. The predicted octanol–water partition coefficient (Wildman–Crippen LogP) is 1.25. The minimum absolute atomic E-state index is 0.322. The number of hydrogen-bond acceptors (Lipinski definition) is 5. The number of alkyl carbamates (subject to hydrolysis) is 1. The van der Waals surface area contributed by atoms with E-state index in [0.29, 0.717) is 25.2 Å². The molecule has 0 bridgehead atoms. The van der Waals surface area contributed by atoms with E-state index in [1.54, 1.807) is 0 Å². The Morgan fingerprint density at radius 1 is 1.45 bits per heavy atom. The van der Waals surface area contributed by atoms with E-state index in [9.17, 15) is 4.79 Å². The number of carbonyl (C=O) groups is 1. The summed E-state index contributed by atoms with van der Waals surface area (Å²) in [6, 6.07) is 0.896. The Morgan fingerprint density at radius 3 is 2.68 bits per heavy atom. The van der Waals surface area contributed by atoms with Crippen LogP contribution in [0.4, 0.5) is 4.79 Å². The van der Waals surface area contributed by atoms with Gasteiger partial charge in [0.2, 0.25) is 0 Å². The number of nitrogens with zero attached hydrogens (tertiary/aromatic N) is 2. The summed E-state index contributed by atoms with van der Waals surface area (Å²) in [5.41, 5.74) is 5.51. The van der Waals surface area contributed by atoms with E-state index in [-0.39, 0.29) is 6.09 Å². The van der Waals surface area contributed by atoms with Crippen molar-refractivity contribution in [1.29, 1.82) is 0 Å². The molecule has 1 saturated heterocycles. The Kier molecular flexibility index (Phi) is 7.59. The lowest BCUT2D eigenvalue weighted by Crippen LogP contribution is -2.48. The van der Waals surface area contributed by atoms with E-state index < -0.39 is 5.60 Å². The maximum absolute atomic E-state index is 11.7. The summed E-state index contributed by atoms with van der Waals surface area (Å²) in [5, 5.41) is 2.83. The maximum Gasteiger partial charge on any atom is 0.407 e. The fourth-order valence-electron chi connectivity index (χ4n) is 3.03. The summed E-state index contributed by atoms with van der Waals surface area (Å²) in [6.07, 6.45) is 2.97. The number of hydrogen-bond donors (Lipinski definition) is 2. The molecule has 0 spiro atoms. The van der Waals surface area contributed by atoms with E-state index >= 15 is 0 Å². The van der Waals surface area contributed by atoms with Gasteiger partial charge in [-0.3, -0.25) is 4.90 Å². The average molecular weight is 314 g/mol. The highest BCUT2D eigenvalue weighted by Crippen LogP contribution is 2.21. The third-order valence-electron chi connectivity index (χ3n) is 3.89. The minimum Gasteiger partial charge on any atom is -0.444 e. The van der Waals surface area contributed by atoms with Crippen molar-refractivity contribution in [2.24, 2.45) is 5.73 Å². The molecule has 1 aliphatic rings. The van der Waals surface area contributed by atoms with E-state index in [1.165, 1.54) is 12.8 Å². The average Bonchev–Trinajstić information content (AvgIpc) is 2.79. The first-order valence-electron chi connectivity index (χ1n) is 8.30. The molecule has 1 aliphatic heterocycles. The van der Waals surface area contributed by atoms with Crippen LogP contribution in [0.3, 0.4) is 0 Å². The normalized spacial score (nSPS) is 21.1. The Balaban J connectivity index is 2.40. The number of ether oxygens (including phenoxy) is 1. The summed E-state index contributed by atoms with van der Waals surface area (Å²) in [4.78, 5) is 16.4. The number of nitrogens with one attached hydrogen (secondary N) is 1.